The number of hydrogen-bond acceptors (Lipinski definition) is 5. The van der Waals surface area contributed by atoms with Crippen molar-refractivity contribution in [3.63, 3.8) is 0 Å². The third kappa shape index (κ3) is 5.37. The van der Waals surface area contributed by atoms with Gasteiger partial charge in [-0.3, -0.25) is 4.79 Å². The van der Waals surface area contributed by atoms with Gasteiger partial charge in [-0.2, -0.15) is 0 Å². The lowest BCUT2D eigenvalue weighted by molar-refractivity contribution is -0.115. The van der Waals surface area contributed by atoms with E-state index in [9.17, 15) is 14.7 Å². The zero-order chi connectivity index (χ0) is 19.8. The normalized spacial score (nSPS) is 10.2. The molecule has 144 valence electrons. The lowest BCUT2D eigenvalue weighted by atomic mass is 10.1. The summed E-state index contributed by atoms with van der Waals surface area (Å²) in [5, 5.41) is 11.9. The van der Waals surface area contributed by atoms with E-state index in [2.05, 4.69) is 5.32 Å². The standard InChI is InChI=1S/C20H23NO6/c1-4-9-27-16-8-6-14(20(23)24)12-15(16)21-19(22)11-13-5-7-17(25-2)18(10-13)26-3/h5-8,10,12H,4,9,11H2,1-3H3,(H,21,22)(H,23,24). The summed E-state index contributed by atoms with van der Waals surface area (Å²) in [7, 11) is 3.06. The summed E-state index contributed by atoms with van der Waals surface area (Å²) in [6.45, 7) is 2.42. The second-order valence-electron chi connectivity index (χ2n) is 5.78. The summed E-state index contributed by atoms with van der Waals surface area (Å²) < 4.78 is 16.0. The molecule has 0 aromatic heterocycles. The van der Waals surface area contributed by atoms with Gasteiger partial charge in [-0.1, -0.05) is 13.0 Å². The molecule has 0 saturated heterocycles. The molecule has 0 heterocycles. The van der Waals surface area contributed by atoms with Crippen LogP contribution in [0.2, 0.25) is 0 Å². The van der Waals surface area contributed by atoms with E-state index in [1.54, 1.807) is 24.3 Å². The topological polar surface area (TPSA) is 94.1 Å². The average molecular weight is 373 g/mol. The Kier molecular flexibility index (Phi) is 7.05. The molecule has 0 saturated carbocycles. The van der Waals surface area contributed by atoms with Crippen LogP contribution in [0.3, 0.4) is 0 Å². The molecular formula is C20H23NO6. The van der Waals surface area contributed by atoms with Gasteiger partial charge >= 0.3 is 5.97 Å². The predicted molar refractivity (Wildman–Crippen MR) is 101 cm³/mol. The molecule has 2 rings (SSSR count). The molecular weight excluding hydrogens is 350 g/mol. The molecule has 0 unspecified atom stereocenters. The average Bonchev–Trinajstić information content (AvgIpc) is 2.66. The smallest absolute Gasteiger partial charge is 0.335 e. The molecule has 0 fully saturated rings. The van der Waals surface area contributed by atoms with Gasteiger partial charge in [-0.15, -0.1) is 0 Å². The highest BCUT2D eigenvalue weighted by molar-refractivity contribution is 5.96. The van der Waals surface area contributed by atoms with Crippen LogP contribution in [0.25, 0.3) is 0 Å². The second kappa shape index (κ2) is 9.47. The number of carbonyl (C=O) groups excluding carboxylic acids is 1. The summed E-state index contributed by atoms with van der Waals surface area (Å²) in [6.07, 6.45) is 0.880. The maximum atomic E-state index is 12.5. The highest BCUT2D eigenvalue weighted by Gasteiger charge is 2.14. The van der Waals surface area contributed by atoms with E-state index in [1.165, 1.54) is 26.4 Å². The number of anilines is 1. The van der Waals surface area contributed by atoms with Crippen LogP contribution < -0.4 is 19.5 Å². The Morgan fingerprint density at radius 1 is 1.00 bits per heavy atom. The number of rotatable bonds is 9. The minimum Gasteiger partial charge on any atom is -0.493 e. The van der Waals surface area contributed by atoms with Gasteiger partial charge in [0, 0.05) is 0 Å². The maximum Gasteiger partial charge on any atom is 0.335 e. The first-order valence-corrected chi connectivity index (χ1v) is 8.49. The molecule has 0 atom stereocenters. The van der Waals surface area contributed by atoms with Crippen LogP contribution in [0.4, 0.5) is 5.69 Å². The molecule has 7 heteroatoms. The molecule has 27 heavy (non-hydrogen) atoms. The number of carboxylic acid groups (broad SMARTS) is 1. The molecule has 0 aliphatic carbocycles. The molecule has 0 spiro atoms. The van der Waals surface area contributed by atoms with Crippen molar-refractivity contribution >= 4 is 17.6 Å². The van der Waals surface area contributed by atoms with Crippen molar-refractivity contribution in [3.05, 3.63) is 47.5 Å². The highest BCUT2D eigenvalue weighted by Crippen LogP contribution is 2.29. The summed E-state index contributed by atoms with van der Waals surface area (Å²) >= 11 is 0. The third-order valence-corrected chi connectivity index (χ3v) is 3.77. The second-order valence-corrected chi connectivity index (χ2v) is 5.78. The molecule has 2 aromatic carbocycles. The summed E-state index contributed by atoms with van der Waals surface area (Å²) in [6, 6.07) is 9.59. The van der Waals surface area contributed by atoms with Crippen LogP contribution in [-0.2, 0) is 11.2 Å². The Balaban J connectivity index is 2.18. The minimum absolute atomic E-state index is 0.0697. The van der Waals surface area contributed by atoms with E-state index in [0.29, 0.717) is 29.5 Å². The first kappa shape index (κ1) is 20.1. The minimum atomic E-state index is -1.08. The number of hydrogen-bond donors (Lipinski definition) is 2. The van der Waals surface area contributed by atoms with Crippen molar-refractivity contribution in [1.82, 2.24) is 0 Å². The van der Waals surface area contributed by atoms with Gasteiger partial charge in [-0.25, -0.2) is 4.79 Å². The van der Waals surface area contributed by atoms with Crippen molar-refractivity contribution in [2.24, 2.45) is 0 Å². The largest absolute Gasteiger partial charge is 0.493 e. The maximum absolute atomic E-state index is 12.5. The zero-order valence-corrected chi connectivity index (χ0v) is 15.6. The van der Waals surface area contributed by atoms with Gasteiger partial charge in [0.1, 0.15) is 5.75 Å². The summed E-state index contributed by atoms with van der Waals surface area (Å²) in [5.41, 5.74) is 1.13. The van der Waals surface area contributed by atoms with Crippen LogP contribution in [0.1, 0.15) is 29.3 Å². The van der Waals surface area contributed by atoms with Crippen molar-refractivity contribution in [3.8, 4) is 17.2 Å². The number of amides is 1. The number of aromatic carboxylic acids is 1. The Morgan fingerprint density at radius 3 is 2.33 bits per heavy atom. The Morgan fingerprint density at radius 2 is 1.70 bits per heavy atom. The van der Waals surface area contributed by atoms with E-state index < -0.39 is 5.97 Å². The molecule has 2 aromatic rings. The van der Waals surface area contributed by atoms with Crippen LogP contribution >= 0.6 is 0 Å². The fourth-order valence-corrected chi connectivity index (χ4v) is 2.47. The molecule has 0 radical (unpaired) electrons. The quantitative estimate of drug-likeness (QED) is 0.700. The van der Waals surface area contributed by atoms with Gasteiger partial charge in [0.15, 0.2) is 11.5 Å². The zero-order valence-electron chi connectivity index (χ0n) is 15.6. The van der Waals surface area contributed by atoms with Gasteiger partial charge in [0.2, 0.25) is 5.91 Å². The Bertz CT molecular complexity index is 818. The van der Waals surface area contributed by atoms with Crippen LogP contribution in [0, 0.1) is 0 Å². The van der Waals surface area contributed by atoms with E-state index >= 15 is 0 Å². The fraction of sp³-hybridized carbons (Fsp3) is 0.300. The first-order chi connectivity index (χ1) is 13.0. The van der Waals surface area contributed by atoms with Gasteiger partial charge in [0.25, 0.3) is 0 Å². The molecule has 0 bridgehead atoms. The van der Waals surface area contributed by atoms with Crippen molar-refractivity contribution < 1.29 is 28.9 Å². The van der Waals surface area contributed by atoms with Crippen LogP contribution in [0.15, 0.2) is 36.4 Å². The number of methoxy groups -OCH3 is 2. The molecule has 1 amide bonds. The highest BCUT2D eigenvalue weighted by atomic mass is 16.5. The summed E-state index contributed by atoms with van der Waals surface area (Å²) in [4.78, 5) is 23.7. The Hall–Kier alpha value is -3.22. The predicted octanol–water partition coefficient (Wildman–Crippen LogP) is 3.37. The lowest BCUT2D eigenvalue weighted by Crippen LogP contribution is -2.16. The monoisotopic (exact) mass is 373 g/mol. The number of carbonyl (C=O) groups is 2. The fourth-order valence-electron chi connectivity index (χ4n) is 2.47. The molecule has 7 nitrogen and oxygen atoms in total. The van der Waals surface area contributed by atoms with Gasteiger partial charge in [-0.05, 0) is 42.3 Å². The van der Waals surface area contributed by atoms with Crippen molar-refractivity contribution in [2.45, 2.75) is 19.8 Å². The first-order valence-electron chi connectivity index (χ1n) is 8.49. The third-order valence-electron chi connectivity index (χ3n) is 3.77. The van der Waals surface area contributed by atoms with Gasteiger partial charge < -0.3 is 24.6 Å². The lowest BCUT2D eigenvalue weighted by Gasteiger charge is -2.13. The van der Waals surface area contributed by atoms with Crippen LogP contribution in [-0.4, -0.2) is 37.8 Å². The SMILES string of the molecule is CCCOc1ccc(C(=O)O)cc1NC(=O)Cc1ccc(OC)c(OC)c1. The molecule has 0 aliphatic rings. The van der Waals surface area contributed by atoms with Crippen molar-refractivity contribution in [1.29, 1.82) is 0 Å². The number of benzene rings is 2. The van der Waals surface area contributed by atoms with E-state index in [1.807, 2.05) is 6.92 Å². The Labute approximate surface area is 157 Å². The molecule has 2 N–H and O–H groups in total. The number of nitrogens with one attached hydrogen (secondary N) is 1. The van der Waals surface area contributed by atoms with Gasteiger partial charge in [0.05, 0.1) is 38.5 Å². The van der Waals surface area contributed by atoms with Crippen LogP contribution in [0.5, 0.6) is 17.2 Å². The molecule has 0 aliphatic heterocycles. The summed E-state index contributed by atoms with van der Waals surface area (Å²) in [5.74, 6) is 0.162. The van der Waals surface area contributed by atoms with E-state index in [-0.39, 0.29) is 17.9 Å². The van der Waals surface area contributed by atoms with E-state index in [0.717, 1.165) is 12.0 Å². The van der Waals surface area contributed by atoms with Crippen molar-refractivity contribution in [2.75, 3.05) is 26.1 Å². The number of ether oxygens (including phenoxy) is 3. The van der Waals surface area contributed by atoms with E-state index in [4.69, 9.17) is 14.2 Å². The number of carboxylic acids is 1.